The Balaban J connectivity index is 0.00000180. The molecule has 0 aliphatic heterocycles. The number of aryl methyl sites for hydroxylation is 2. The quantitative estimate of drug-likeness (QED) is 0.894. The molecule has 2 nitrogen and oxygen atoms in total. The van der Waals surface area contributed by atoms with E-state index in [1.807, 2.05) is 43.3 Å². The van der Waals surface area contributed by atoms with Crippen LogP contribution in [0.4, 0.5) is 0 Å². The van der Waals surface area contributed by atoms with Crippen LogP contribution >= 0.6 is 12.4 Å². The molecular formula is C16H20ClNO. The molecule has 2 N–H and O–H groups in total. The predicted octanol–water partition coefficient (Wildman–Crippen LogP) is 4.54. The van der Waals surface area contributed by atoms with Crippen molar-refractivity contribution in [2.75, 3.05) is 0 Å². The molecule has 2 aromatic carbocycles. The van der Waals surface area contributed by atoms with Gasteiger partial charge in [0.05, 0.1) is 0 Å². The van der Waals surface area contributed by atoms with Gasteiger partial charge in [0.15, 0.2) is 0 Å². The van der Waals surface area contributed by atoms with Crippen molar-refractivity contribution in [3.05, 3.63) is 59.2 Å². The summed E-state index contributed by atoms with van der Waals surface area (Å²) in [6.45, 7) is 6.10. The second kappa shape index (κ2) is 6.60. The molecule has 0 heterocycles. The van der Waals surface area contributed by atoms with Gasteiger partial charge in [-0.15, -0.1) is 12.4 Å². The molecule has 1 atom stereocenters. The molecule has 102 valence electrons. The Morgan fingerprint density at radius 3 is 2.16 bits per heavy atom. The van der Waals surface area contributed by atoms with Gasteiger partial charge in [0.1, 0.15) is 11.5 Å². The standard InChI is InChI=1S/C16H19NO.ClH/c1-11-8-12(2)10-14(9-11)18-16-7-5-4-6-15(16)13(3)17;/h4-10,13H,17H2,1-3H3;1H. The lowest BCUT2D eigenvalue weighted by Gasteiger charge is -2.14. The molecule has 2 aromatic rings. The molecule has 19 heavy (non-hydrogen) atoms. The maximum Gasteiger partial charge on any atom is 0.132 e. The fourth-order valence-corrected chi connectivity index (χ4v) is 2.07. The van der Waals surface area contributed by atoms with E-state index in [1.165, 1.54) is 11.1 Å². The average molecular weight is 278 g/mol. The molecule has 0 spiro atoms. The van der Waals surface area contributed by atoms with Crippen LogP contribution in [0.1, 0.15) is 29.7 Å². The van der Waals surface area contributed by atoms with Crippen molar-refractivity contribution in [3.63, 3.8) is 0 Å². The summed E-state index contributed by atoms with van der Waals surface area (Å²) in [4.78, 5) is 0. The van der Waals surface area contributed by atoms with E-state index in [0.29, 0.717) is 0 Å². The summed E-state index contributed by atoms with van der Waals surface area (Å²) >= 11 is 0. The number of para-hydroxylation sites is 1. The van der Waals surface area contributed by atoms with Crippen molar-refractivity contribution in [2.24, 2.45) is 5.73 Å². The van der Waals surface area contributed by atoms with Crippen molar-refractivity contribution < 1.29 is 4.74 Å². The highest BCUT2D eigenvalue weighted by Crippen LogP contribution is 2.29. The molecule has 0 aliphatic carbocycles. The zero-order valence-corrected chi connectivity index (χ0v) is 12.3. The Labute approximate surface area is 121 Å². The van der Waals surface area contributed by atoms with Gasteiger partial charge < -0.3 is 10.5 Å². The normalized spacial score (nSPS) is 11.6. The number of benzene rings is 2. The SMILES string of the molecule is Cc1cc(C)cc(Oc2ccccc2C(C)N)c1.Cl. The summed E-state index contributed by atoms with van der Waals surface area (Å²) in [6, 6.07) is 14.1. The number of halogens is 1. The molecule has 0 radical (unpaired) electrons. The van der Waals surface area contributed by atoms with E-state index < -0.39 is 0 Å². The Morgan fingerprint density at radius 1 is 1.00 bits per heavy atom. The smallest absolute Gasteiger partial charge is 0.132 e. The van der Waals surface area contributed by atoms with Crippen LogP contribution in [-0.4, -0.2) is 0 Å². The molecule has 3 heteroatoms. The second-order valence-corrected chi connectivity index (χ2v) is 4.75. The van der Waals surface area contributed by atoms with Crippen molar-refractivity contribution in [1.82, 2.24) is 0 Å². The fourth-order valence-electron chi connectivity index (χ4n) is 2.07. The van der Waals surface area contributed by atoms with Gasteiger partial charge in [0.2, 0.25) is 0 Å². The second-order valence-electron chi connectivity index (χ2n) is 4.75. The largest absolute Gasteiger partial charge is 0.457 e. The lowest BCUT2D eigenvalue weighted by Crippen LogP contribution is -2.06. The molecule has 0 saturated carbocycles. The molecule has 0 bridgehead atoms. The van der Waals surface area contributed by atoms with Gasteiger partial charge in [-0.05, 0) is 50.1 Å². The Hall–Kier alpha value is -1.51. The first-order chi connectivity index (χ1) is 8.56. The van der Waals surface area contributed by atoms with E-state index in [-0.39, 0.29) is 18.4 Å². The van der Waals surface area contributed by atoms with Crippen LogP contribution in [0.2, 0.25) is 0 Å². The third kappa shape index (κ3) is 3.98. The monoisotopic (exact) mass is 277 g/mol. The first kappa shape index (κ1) is 15.5. The number of hydrogen-bond donors (Lipinski definition) is 1. The lowest BCUT2D eigenvalue weighted by atomic mass is 10.1. The fraction of sp³-hybridized carbons (Fsp3) is 0.250. The predicted molar refractivity (Wildman–Crippen MR) is 82.3 cm³/mol. The molecule has 2 rings (SSSR count). The van der Waals surface area contributed by atoms with E-state index in [1.54, 1.807) is 0 Å². The van der Waals surface area contributed by atoms with Crippen LogP contribution in [0.5, 0.6) is 11.5 Å². The van der Waals surface area contributed by atoms with E-state index in [2.05, 4.69) is 19.9 Å². The van der Waals surface area contributed by atoms with Gasteiger partial charge in [-0.2, -0.15) is 0 Å². The molecule has 0 aromatic heterocycles. The lowest BCUT2D eigenvalue weighted by molar-refractivity contribution is 0.471. The van der Waals surface area contributed by atoms with Crippen LogP contribution in [0.15, 0.2) is 42.5 Å². The minimum atomic E-state index is -0.0351. The summed E-state index contributed by atoms with van der Waals surface area (Å²) in [5, 5.41) is 0. The third-order valence-corrected chi connectivity index (χ3v) is 2.83. The first-order valence-corrected chi connectivity index (χ1v) is 6.17. The van der Waals surface area contributed by atoms with Gasteiger partial charge in [-0.3, -0.25) is 0 Å². The van der Waals surface area contributed by atoms with Crippen molar-refractivity contribution in [1.29, 1.82) is 0 Å². The van der Waals surface area contributed by atoms with E-state index in [9.17, 15) is 0 Å². The summed E-state index contributed by atoms with van der Waals surface area (Å²) in [5.74, 6) is 1.69. The number of hydrogen-bond acceptors (Lipinski definition) is 2. The summed E-state index contributed by atoms with van der Waals surface area (Å²) in [5.41, 5.74) is 9.37. The average Bonchev–Trinajstić information content (AvgIpc) is 2.27. The molecule has 1 unspecified atom stereocenters. The topological polar surface area (TPSA) is 35.2 Å². The van der Waals surface area contributed by atoms with Crippen LogP contribution < -0.4 is 10.5 Å². The summed E-state index contributed by atoms with van der Waals surface area (Å²) in [6.07, 6.45) is 0. The number of rotatable bonds is 3. The molecule has 0 amide bonds. The van der Waals surface area contributed by atoms with Gasteiger partial charge >= 0.3 is 0 Å². The van der Waals surface area contributed by atoms with Crippen molar-refractivity contribution in [3.8, 4) is 11.5 Å². The molecular weight excluding hydrogens is 258 g/mol. The molecule has 0 fully saturated rings. The molecule has 0 saturated heterocycles. The van der Waals surface area contributed by atoms with Crippen LogP contribution in [0.3, 0.4) is 0 Å². The molecule has 0 aliphatic rings. The van der Waals surface area contributed by atoms with Crippen LogP contribution in [0.25, 0.3) is 0 Å². The first-order valence-electron chi connectivity index (χ1n) is 6.17. The number of nitrogens with two attached hydrogens (primary N) is 1. The highest BCUT2D eigenvalue weighted by atomic mass is 35.5. The zero-order valence-electron chi connectivity index (χ0n) is 11.5. The minimum absolute atomic E-state index is 0. The van der Waals surface area contributed by atoms with E-state index in [4.69, 9.17) is 10.5 Å². The maximum atomic E-state index is 5.95. The maximum absolute atomic E-state index is 5.95. The van der Waals surface area contributed by atoms with Crippen molar-refractivity contribution in [2.45, 2.75) is 26.8 Å². The Kier molecular flexibility index (Phi) is 5.40. The van der Waals surface area contributed by atoms with Gasteiger partial charge in [-0.25, -0.2) is 0 Å². The zero-order chi connectivity index (χ0) is 13.1. The van der Waals surface area contributed by atoms with Gasteiger partial charge in [-0.1, -0.05) is 24.3 Å². The Bertz CT molecular complexity index is 532. The summed E-state index contributed by atoms with van der Waals surface area (Å²) in [7, 11) is 0. The number of ether oxygens (including phenoxy) is 1. The van der Waals surface area contributed by atoms with Crippen LogP contribution in [0, 0.1) is 13.8 Å². The highest BCUT2D eigenvalue weighted by molar-refractivity contribution is 5.85. The van der Waals surface area contributed by atoms with Crippen molar-refractivity contribution >= 4 is 12.4 Å². The van der Waals surface area contributed by atoms with E-state index >= 15 is 0 Å². The van der Waals surface area contributed by atoms with E-state index in [0.717, 1.165) is 17.1 Å². The Morgan fingerprint density at radius 2 is 1.58 bits per heavy atom. The highest BCUT2D eigenvalue weighted by Gasteiger charge is 2.08. The minimum Gasteiger partial charge on any atom is -0.457 e. The third-order valence-electron chi connectivity index (χ3n) is 2.83. The van der Waals surface area contributed by atoms with Gasteiger partial charge in [0, 0.05) is 11.6 Å². The van der Waals surface area contributed by atoms with Crippen LogP contribution in [-0.2, 0) is 0 Å². The summed E-state index contributed by atoms with van der Waals surface area (Å²) < 4.78 is 5.95. The van der Waals surface area contributed by atoms with Gasteiger partial charge in [0.25, 0.3) is 0 Å².